The van der Waals surface area contributed by atoms with E-state index in [1.807, 2.05) is 13.8 Å². The van der Waals surface area contributed by atoms with E-state index in [1.54, 1.807) is 26.0 Å². The van der Waals surface area contributed by atoms with E-state index in [0.29, 0.717) is 6.42 Å². The van der Waals surface area contributed by atoms with Crippen molar-refractivity contribution in [1.29, 1.82) is 0 Å². The molecule has 1 amide bonds. The Bertz CT molecular complexity index is 526. The molecule has 5 heteroatoms. The smallest absolute Gasteiger partial charge is 0.326 e. The van der Waals surface area contributed by atoms with E-state index >= 15 is 0 Å². The lowest BCUT2D eigenvalue weighted by molar-refractivity contribution is -0.143. The fraction of sp³-hybridized carbons (Fsp3) is 0.500. The lowest BCUT2D eigenvalue weighted by Gasteiger charge is -2.27. The van der Waals surface area contributed by atoms with E-state index < -0.39 is 29.2 Å². The standard InChI is InChI=1S/C16H22FNO3/c1-10(2)9-13(14(19)20)18-15(21)16(3,4)11-7-5-6-8-12(11)17/h5-8,10,13H,9H2,1-4H3,(H,18,21)(H,19,20)/t13-/m1/s1. The Kier molecular flexibility index (Phi) is 5.47. The lowest BCUT2D eigenvalue weighted by Crippen LogP contribution is -2.49. The molecule has 2 N–H and O–H groups in total. The summed E-state index contributed by atoms with van der Waals surface area (Å²) < 4.78 is 13.9. The van der Waals surface area contributed by atoms with E-state index in [-0.39, 0.29) is 11.5 Å². The molecule has 0 aliphatic carbocycles. The SMILES string of the molecule is CC(C)C[C@@H](NC(=O)C(C)(C)c1ccccc1F)C(=O)O. The molecule has 0 fully saturated rings. The predicted molar refractivity (Wildman–Crippen MR) is 78.4 cm³/mol. The van der Waals surface area contributed by atoms with Gasteiger partial charge in [0.2, 0.25) is 5.91 Å². The molecule has 0 aliphatic rings. The van der Waals surface area contributed by atoms with E-state index in [1.165, 1.54) is 12.1 Å². The number of aliphatic carboxylic acids is 1. The van der Waals surface area contributed by atoms with Crippen LogP contribution >= 0.6 is 0 Å². The third kappa shape index (κ3) is 4.28. The molecule has 0 heterocycles. The van der Waals surface area contributed by atoms with Crippen LogP contribution in [0, 0.1) is 11.7 Å². The molecule has 1 aromatic rings. The average molecular weight is 295 g/mol. The zero-order valence-electron chi connectivity index (χ0n) is 12.8. The summed E-state index contributed by atoms with van der Waals surface area (Å²) in [5.74, 6) is -1.93. The minimum absolute atomic E-state index is 0.128. The Morgan fingerprint density at radius 3 is 2.33 bits per heavy atom. The van der Waals surface area contributed by atoms with Crippen molar-refractivity contribution in [2.75, 3.05) is 0 Å². The van der Waals surface area contributed by atoms with Gasteiger partial charge in [0.1, 0.15) is 11.9 Å². The van der Waals surface area contributed by atoms with Gasteiger partial charge in [0.15, 0.2) is 0 Å². The Morgan fingerprint density at radius 1 is 1.29 bits per heavy atom. The van der Waals surface area contributed by atoms with Crippen molar-refractivity contribution in [3.8, 4) is 0 Å². The molecule has 1 atom stereocenters. The number of carboxylic acid groups (broad SMARTS) is 1. The number of carboxylic acids is 1. The monoisotopic (exact) mass is 295 g/mol. The summed E-state index contributed by atoms with van der Waals surface area (Å²) in [5.41, 5.74) is -0.896. The summed E-state index contributed by atoms with van der Waals surface area (Å²) >= 11 is 0. The first kappa shape index (κ1) is 17.1. The summed E-state index contributed by atoms with van der Waals surface area (Å²) in [6.07, 6.45) is 0.328. The van der Waals surface area contributed by atoms with Gasteiger partial charge in [-0.3, -0.25) is 4.79 Å². The number of halogens is 1. The van der Waals surface area contributed by atoms with Crippen molar-refractivity contribution in [3.05, 3.63) is 35.6 Å². The van der Waals surface area contributed by atoms with Crippen LogP contribution in [0.5, 0.6) is 0 Å². The summed E-state index contributed by atoms with van der Waals surface area (Å²) in [6.45, 7) is 6.91. The van der Waals surface area contributed by atoms with Crippen molar-refractivity contribution in [3.63, 3.8) is 0 Å². The molecule has 1 aromatic carbocycles. The van der Waals surface area contributed by atoms with Gasteiger partial charge in [-0.25, -0.2) is 9.18 Å². The van der Waals surface area contributed by atoms with Crippen molar-refractivity contribution >= 4 is 11.9 Å². The van der Waals surface area contributed by atoms with Gasteiger partial charge in [0, 0.05) is 5.56 Å². The average Bonchev–Trinajstić information content (AvgIpc) is 2.37. The Balaban J connectivity index is 2.95. The van der Waals surface area contributed by atoms with Crippen LogP contribution in [0.25, 0.3) is 0 Å². The molecule has 0 saturated heterocycles. The van der Waals surface area contributed by atoms with Crippen LogP contribution in [-0.2, 0) is 15.0 Å². The zero-order chi connectivity index (χ0) is 16.2. The Hall–Kier alpha value is -1.91. The number of hydrogen-bond acceptors (Lipinski definition) is 2. The van der Waals surface area contributed by atoms with Gasteiger partial charge in [-0.05, 0) is 32.3 Å². The number of benzene rings is 1. The van der Waals surface area contributed by atoms with Crippen LogP contribution in [0.4, 0.5) is 4.39 Å². The molecule has 0 aromatic heterocycles. The highest BCUT2D eigenvalue weighted by Crippen LogP contribution is 2.26. The van der Waals surface area contributed by atoms with Crippen LogP contribution in [0.3, 0.4) is 0 Å². The summed E-state index contributed by atoms with van der Waals surface area (Å²) in [4.78, 5) is 23.6. The zero-order valence-corrected chi connectivity index (χ0v) is 12.8. The van der Waals surface area contributed by atoms with Crippen LogP contribution < -0.4 is 5.32 Å². The second-order valence-corrected chi connectivity index (χ2v) is 6.10. The highest BCUT2D eigenvalue weighted by Gasteiger charge is 2.34. The van der Waals surface area contributed by atoms with Crippen molar-refractivity contribution in [2.45, 2.75) is 45.6 Å². The molecule has 0 spiro atoms. The first-order valence-corrected chi connectivity index (χ1v) is 6.95. The number of rotatable bonds is 6. The number of amides is 1. The third-order valence-corrected chi connectivity index (χ3v) is 3.43. The number of carbonyl (C=O) groups excluding carboxylic acids is 1. The maximum absolute atomic E-state index is 13.9. The summed E-state index contributed by atoms with van der Waals surface area (Å²) in [7, 11) is 0. The van der Waals surface area contributed by atoms with E-state index in [2.05, 4.69) is 5.32 Å². The largest absolute Gasteiger partial charge is 0.480 e. The molecule has 4 nitrogen and oxygen atoms in total. The van der Waals surface area contributed by atoms with Gasteiger partial charge in [-0.15, -0.1) is 0 Å². The number of carbonyl (C=O) groups is 2. The highest BCUT2D eigenvalue weighted by atomic mass is 19.1. The highest BCUT2D eigenvalue weighted by molar-refractivity contribution is 5.90. The fourth-order valence-corrected chi connectivity index (χ4v) is 2.12. The quantitative estimate of drug-likeness (QED) is 0.848. The van der Waals surface area contributed by atoms with Crippen LogP contribution in [0.1, 0.15) is 39.7 Å². The first-order chi connectivity index (χ1) is 9.66. The van der Waals surface area contributed by atoms with Gasteiger partial charge in [-0.2, -0.15) is 0 Å². The third-order valence-electron chi connectivity index (χ3n) is 3.43. The van der Waals surface area contributed by atoms with Crippen molar-refractivity contribution in [1.82, 2.24) is 5.32 Å². The molecule has 0 radical (unpaired) electrons. The molecule has 0 saturated carbocycles. The molecular formula is C16H22FNO3. The van der Waals surface area contributed by atoms with Crippen LogP contribution in [0.15, 0.2) is 24.3 Å². The molecule has 0 unspecified atom stereocenters. The minimum atomic E-state index is -1.14. The summed E-state index contributed by atoms with van der Waals surface area (Å²) in [6, 6.07) is 5.05. The summed E-state index contributed by atoms with van der Waals surface area (Å²) in [5, 5.41) is 11.7. The molecular weight excluding hydrogens is 273 g/mol. The Labute approximate surface area is 124 Å². The second kappa shape index (κ2) is 6.70. The number of hydrogen-bond donors (Lipinski definition) is 2. The van der Waals surface area contributed by atoms with E-state index in [9.17, 15) is 19.1 Å². The first-order valence-electron chi connectivity index (χ1n) is 6.95. The van der Waals surface area contributed by atoms with E-state index in [4.69, 9.17) is 0 Å². The van der Waals surface area contributed by atoms with Gasteiger partial charge in [0.25, 0.3) is 0 Å². The second-order valence-electron chi connectivity index (χ2n) is 6.10. The maximum Gasteiger partial charge on any atom is 0.326 e. The van der Waals surface area contributed by atoms with Gasteiger partial charge < -0.3 is 10.4 Å². The van der Waals surface area contributed by atoms with Gasteiger partial charge in [0.05, 0.1) is 5.41 Å². The topological polar surface area (TPSA) is 66.4 Å². The molecule has 0 aliphatic heterocycles. The lowest BCUT2D eigenvalue weighted by atomic mass is 9.83. The molecule has 0 bridgehead atoms. The number of nitrogens with one attached hydrogen (secondary N) is 1. The minimum Gasteiger partial charge on any atom is -0.480 e. The fourth-order valence-electron chi connectivity index (χ4n) is 2.12. The molecule has 21 heavy (non-hydrogen) atoms. The van der Waals surface area contributed by atoms with Crippen molar-refractivity contribution in [2.24, 2.45) is 5.92 Å². The predicted octanol–water partition coefficient (Wildman–Crippen LogP) is 2.72. The van der Waals surface area contributed by atoms with Gasteiger partial charge in [-0.1, -0.05) is 32.0 Å². The van der Waals surface area contributed by atoms with Crippen LogP contribution in [-0.4, -0.2) is 23.0 Å². The molecule has 116 valence electrons. The maximum atomic E-state index is 13.9. The van der Waals surface area contributed by atoms with E-state index in [0.717, 1.165) is 0 Å². The molecule has 1 rings (SSSR count). The normalized spacial score (nSPS) is 13.0. The Morgan fingerprint density at radius 2 is 1.86 bits per heavy atom. The van der Waals surface area contributed by atoms with Crippen LogP contribution in [0.2, 0.25) is 0 Å². The van der Waals surface area contributed by atoms with Crippen molar-refractivity contribution < 1.29 is 19.1 Å². The van der Waals surface area contributed by atoms with Gasteiger partial charge >= 0.3 is 5.97 Å².